The molecule has 1 aromatic heterocycles. The summed E-state index contributed by atoms with van der Waals surface area (Å²) in [5, 5.41) is 13.3. The number of hydrazine groups is 1. The number of primary amides is 1. The number of hydrogen-bond donors (Lipinski definition) is 4. The summed E-state index contributed by atoms with van der Waals surface area (Å²) in [7, 11) is 0. The van der Waals surface area contributed by atoms with Crippen LogP contribution in [0.2, 0.25) is 0 Å². The van der Waals surface area contributed by atoms with Gasteiger partial charge in [0.15, 0.2) is 0 Å². The molecule has 0 aliphatic rings. The summed E-state index contributed by atoms with van der Waals surface area (Å²) >= 11 is 0. The highest BCUT2D eigenvalue weighted by molar-refractivity contribution is 5.74. The SMILES string of the molecule is NNc1cc([N+](=O)[O-])cc(NCCC(N)=O)n1. The van der Waals surface area contributed by atoms with Crippen LogP contribution in [0.15, 0.2) is 12.1 Å². The van der Waals surface area contributed by atoms with E-state index in [0.717, 1.165) is 0 Å². The van der Waals surface area contributed by atoms with E-state index in [-0.39, 0.29) is 30.3 Å². The van der Waals surface area contributed by atoms with Gasteiger partial charge in [0, 0.05) is 13.0 Å². The molecule has 0 aromatic carbocycles. The molecule has 0 aliphatic carbocycles. The Bertz CT molecular complexity index is 435. The molecule has 0 atom stereocenters. The second-order valence-electron chi connectivity index (χ2n) is 3.14. The monoisotopic (exact) mass is 240 g/mol. The number of amides is 1. The summed E-state index contributed by atoms with van der Waals surface area (Å²) in [5.41, 5.74) is 7.01. The lowest BCUT2D eigenvalue weighted by Crippen LogP contribution is -2.17. The highest BCUT2D eigenvalue weighted by Gasteiger charge is 2.10. The summed E-state index contributed by atoms with van der Waals surface area (Å²) in [6.45, 7) is 0.244. The Morgan fingerprint density at radius 3 is 2.65 bits per heavy atom. The minimum absolute atomic E-state index is 0.107. The first-order chi connectivity index (χ1) is 8.02. The fraction of sp³-hybridized carbons (Fsp3) is 0.250. The first-order valence-corrected chi connectivity index (χ1v) is 4.68. The minimum Gasteiger partial charge on any atom is -0.370 e. The third kappa shape index (κ3) is 3.91. The van der Waals surface area contributed by atoms with Gasteiger partial charge in [0.2, 0.25) is 5.91 Å². The number of nitro groups is 1. The van der Waals surface area contributed by atoms with Crippen molar-refractivity contribution in [1.82, 2.24) is 4.98 Å². The van der Waals surface area contributed by atoms with Crippen molar-refractivity contribution in [2.75, 3.05) is 17.3 Å². The smallest absolute Gasteiger partial charge is 0.276 e. The Labute approximate surface area is 96.3 Å². The molecule has 0 aliphatic heterocycles. The Kier molecular flexibility index (Phi) is 4.17. The van der Waals surface area contributed by atoms with Crippen LogP contribution in [0.5, 0.6) is 0 Å². The predicted octanol–water partition coefficient (Wildman–Crippen LogP) is -0.437. The predicted molar refractivity (Wildman–Crippen MR) is 61.0 cm³/mol. The highest BCUT2D eigenvalue weighted by atomic mass is 16.6. The lowest BCUT2D eigenvalue weighted by Gasteiger charge is -2.06. The number of aromatic nitrogens is 1. The molecule has 17 heavy (non-hydrogen) atoms. The largest absolute Gasteiger partial charge is 0.370 e. The maximum Gasteiger partial charge on any atom is 0.276 e. The van der Waals surface area contributed by atoms with E-state index >= 15 is 0 Å². The van der Waals surface area contributed by atoms with E-state index in [0.29, 0.717) is 0 Å². The molecule has 0 fully saturated rings. The van der Waals surface area contributed by atoms with Gasteiger partial charge in [-0.2, -0.15) is 0 Å². The summed E-state index contributed by atoms with van der Waals surface area (Å²) in [6, 6.07) is 2.43. The Balaban J connectivity index is 2.80. The van der Waals surface area contributed by atoms with Gasteiger partial charge < -0.3 is 16.5 Å². The molecule has 92 valence electrons. The van der Waals surface area contributed by atoms with Crippen molar-refractivity contribution in [1.29, 1.82) is 0 Å². The second kappa shape index (κ2) is 5.61. The van der Waals surface area contributed by atoms with Crippen LogP contribution in [-0.2, 0) is 4.79 Å². The summed E-state index contributed by atoms with van der Waals surface area (Å²) < 4.78 is 0. The number of anilines is 2. The van der Waals surface area contributed by atoms with Crippen molar-refractivity contribution in [3.05, 3.63) is 22.2 Å². The number of carbonyl (C=O) groups is 1. The average molecular weight is 240 g/mol. The number of carbonyl (C=O) groups excluding carboxylic acids is 1. The molecule has 1 amide bonds. The van der Waals surface area contributed by atoms with Crippen molar-refractivity contribution in [2.45, 2.75) is 6.42 Å². The number of nitrogens with one attached hydrogen (secondary N) is 2. The van der Waals surface area contributed by atoms with Crippen molar-refractivity contribution in [3.8, 4) is 0 Å². The molecule has 0 spiro atoms. The molecule has 0 saturated carbocycles. The number of nitrogens with zero attached hydrogens (tertiary/aromatic N) is 2. The lowest BCUT2D eigenvalue weighted by atomic mass is 10.3. The minimum atomic E-state index is -0.568. The van der Waals surface area contributed by atoms with Crippen LogP contribution in [0.25, 0.3) is 0 Å². The van der Waals surface area contributed by atoms with Gasteiger partial charge in [-0.25, -0.2) is 10.8 Å². The molecule has 0 unspecified atom stereocenters. The van der Waals surface area contributed by atoms with Crippen LogP contribution in [-0.4, -0.2) is 22.4 Å². The number of rotatable bonds is 6. The zero-order chi connectivity index (χ0) is 12.8. The highest BCUT2D eigenvalue weighted by Crippen LogP contribution is 2.19. The molecule has 9 heteroatoms. The van der Waals surface area contributed by atoms with Gasteiger partial charge in [-0.1, -0.05) is 0 Å². The molecule has 1 rings (SSSR count). The van der Waals surface area contributed by atoms with Gasteiger partial charge in [0.1, 0.15) is 11.6 Å². The maximum atomic E-state index is 10.6. The molecule has 6 N–H and O–H groups in total. The third-order valence-corrected chi connectivity index (χ3v) is 1.85. The second-order valence-corrected chi connectivity index (χ2v) is 3.14. The Hall–Kier alpha value is -2.42. The van der Waals surface area contributed by atoms with Gasteiger partial charge in [-0.3, -0.25) is 14.9 Å². The molecule has 1 aromatic rings. The Morgan fingerprint density at radius 1 is 1.47 bits per heavy atom. The van der Waals surface area contributed by atoms with Gasteiger partial charge in [0.25, 0.3) is 5.69 Å². The molecule has 9 nitrogen and oxygen atoms in total. The number of nitrogen functional groups attached to an aromatic ring is 1. The third-order valence-electron chi connectivity index (χ3n) is 1.85. The van der Waals surface area contributed by atoms with Crippen LogP contribution >= 0.6 is 0 Å². The quantitative estimate of drug-likeness (QED) is 0.299. The number of nitrogens with two attached hydrogens (primary N) is 2. The molecule has 0 saturated heterocycles. The molecule has 0 bridgehead atoms. The number of pyridine rings is 1. The summed E-state index contributed by atoms with van der Waals surface area (Å²) in [4.78, 5) is 24.5. The van der Waals surface area contributed by atoms with E-state index in [1.807, 2.05) is 0 Å². The first-order valence-electron chi connectivity index (χ1n) is 4.68. The van der Waals surface area contributed by atoms with Crippen LogP contribution in [0.1, 0.15) is 6.42 Å². The van der Waals surface area contributed by atoms with E-state index < -0.39 is 10.8 Å². The van der Waals surface area contributed by atoms with Gasteiger partial charge >= 0.3 is 0 Å². The lowest BCUT2D eigenvalue weighted by molar-refractivity contribution is -0.384. The summed E-state index contributed by atoms with van der Waals surface area (Å²) in [5.74, 6) is 5.05. The van der Waals surface area contributed by atoms with E-state index in [9.17, 15) is 14.9 Å². The van der Waals surface area contributed by atoms with Crippen LogP contribution in [0, 0.1) is 10.1 Å². The van der Waals surface area contributed by atoms with Crippen molar-refractivity contribution in [2.24, 2.45) is 11.6 Å². The van der Waals surface area contributed by atoms with Crippen LogP contribution in [0.3, 0.4) is 0 Å². The normalized spacial score (nSPS) is 9.71. The molecule has 1 heterocycles. The zero-order valence-corrected chi connectivity index (χ0v) is 8.84. The van der Waals surface area contributed by atoms with E-state index in [1.54, 1.807) is 0 Å². The van der Waals surface area contributed by atoms with Crippen molar-refractivity contribution >= 4 is 23.2 Å². The average Bonchev–Trinajstić information content (AvgIpc) is 2.28. The standard InChI is InChI=1S/C8H12N6O3/c9-6(15)1-2-11-7-3-5(14(16)17)4-8(12-7)13-10/h3-4H,1-2,10H2,(H2,9,15)(H2,11,12,13). The fourth-order valence-electron chi connectivity index (χ4n) is 1.10. The number of hydrogen-bond acceptors (Lipinski definition) is 7. The van der Waals surface area contributed by atoms with Crippen LogP contribution < -0.4 is 22.3 Å². The van der Waals surface area contributed by atoms with Crippen molar-refractivity contribution < 1.29 is 9.72 Å². The van der Waals surface area contributed by atoms with Gasteiger partial charge in [-0.05, 0) is 0 Å². The van der Waals surface area contributed by atoms with E-state index in [2.05, 4.69) is 15.7 Å². The fourth-order valence-corrected chi connectivity index (χ4v) is 1.10. The molecular weight excluding hydrogens is 228 g/mol. The van der Waals surface area contributed by atoms with Gasteiger partial charge in [-0.15, -0.1) is 0 Å². The maximum absolute atomic E-state index is 10.6. The summed E-state index contributed by atoms with van der Waals surface area (Å²) in [6.07, 6.45) is 0.107. The first kappa shape index (κ1) is 12.6. The Morgan fingerprint density at radius 2 is 2.12 bits per heavy atom. The van der Waals surface area contributed by atoms with E-state index in [4.69, 9.17) is 11.6 Å². The van der Waals surface area contributed by atoms with E-state index in [1.165, 1.54) is 12.1 Å². The topological polar surface area (TPSA) is 149 Å². The molecular formula is C8H12N6O3. The molecule has 0 radical (unpaired) electrons. The zero-order valence-electron chi connectivity index (χ0n) is 8.84. The van der Waals surface area contributed by atoms with Gasteiger partial charge in [0.05, 0.1) is 17.1 Å². The van der Waals surface area contributed by atoms with Crippen molar-refractivity contribution in [3.63, 3.8) is 0 Å². The van der Waals surface area contributed by atoms with Crippen LogP contribution in [0.4, 0.5) is 17.3 Å².